The fourth-order valence-electron chi connectivity index (χ4n) is 2.23. The van der Waals surface area contributed by atoms with Crippen molar-refractivity contribution >= 4 is 27.3 Å². The molecular weight excluding hydrogens is 300 g/mol. The lowest BCUT2D eigenvalue weighted by Gasteiger charge is -2.31. The molecule has 6 nitrogen and oxygen atoms in total. The van der Waals surface area contributed by atoms with Gasteiger partial charge in [-0.25, -0.2) is 13.2 Å². The SMILES string of the molecule is COC(=O)c1scc(C)c1S(=O)(=O)N1CCN[C@@H](C)C1. The molecule has 0 spiro atoms. The van der Waals surface area contributed by atoms with E-state index >= 15 is 0 Å². The summed E-state index contributed by atoms with van der Waals surface area (Å²) in [5.74, 6) is -0.607. The molecule has 2 heterocycles. The normalized spacial score (nSPS) is 20.9. The average Bonchev–Trinajstić information content (AvgIpc) is 2.80. The zero-order valence-electron chi connectivity index (χ0n) is 11.7. The molecule has 1 atom stereocenters. The molecule has 1 N–H and O–H groups in total. The fraction of sp³-hybridized carbons (Fsp3) is 0.583. The number of ether oxygens (including phenoxy) is 1. The van der Waals surface area contributed by atoms with E-state index in [9.17, 15) is 13.2 Å². The van der Waals surface area contributed by atoms with Gasteiger partial charge in [0, 0.05) is 25.7 Å². The lowest BCUT2D eigenvalue weighted by Crippen LogP contribution is -2.51. The summed E-state index contributed by atoms with van der Waals surface area (Å²) in [5, 5.41) is 4.87. The van der Waals surface area contributed by atoms with Crippen molar-refractivity contribution in [2.45, 2.75) is 24.8 Å². The van der Waals surface area contributed by atoms with Gasteiger partial charge < -0.3 is 10.1 Å². The van der Waals surface area contributed by atoms with Crippen LogP contribution in [0.1, 0.15) is 22.2 Å². The van der Waals surface area contributed by atoms with Crippen LogP contribution in [0.25, 0.3) is 0 Å². The zero-order valence-corrected chi connectivity index (χ0v) is 13.3. The molecule has 1 aromatic heterocycles. The largest absolute Gasteiger partial charge is 0.465 e. The highest BCUT2D eigenvalue weighted by Crippen LogP contribution is 2.30. The number of carbonyl (C=O) groups excluding carboxylic acids is 1. The Hall–Kier alpha value is -0.960. The molecule has 0 bridgehead atoms. The molecule has 1 aromatic rings. The van der Waals surface area contributed by atoms with Crippen LogP contribution in [0.2, 0.25) is 0 Å². The van der Waals surface area contributed by atoms with E-state index in [0.29, 0.717) is 25.2 Å². The Bertz CT molecular complexity index is 609. The highest BCUT2D eigenvalue weighted by molar-refractivity contribution is 7.89. The maximum absolute atomic E-state index is 12.8. The molecule has 8 heteroatoms. The molecule has 0 aliphatic carbocycles. The van der Waals surface area contributed by atoms with Crippen LogP contribution in [0.3, 0.4) is 0 Å². The Balaban J connectivity index is 2.44. The van der Waals surface area contributed by atoms with E-state index in [1.807, 2.05) is 6.92 Å². The van der Waals surface area contributed by atoms with Gasteiger partial charge in [0.1, 0.15) is 9.77 Å². The number of nitrogens with one attached hydrogen (secondary N) is 1. The number of hydrogen-bond acceptors (Lipinski definition) is 6. The van der Waals surface area contributed by atoms with Gasteiger partial charge in [0.05, 0.1) is 7.11 Å². The lowest BCUT2D eigenvalue weighted by molar-refractivity contribution is 0.0602. The molecule has 20 heavy (non-hydrogen) atoms. The summed E-state index contributed by atoms with van der Waals surface area (Å²) in [6.45, 7) is 5.04. The quantitative estimate of drug-likeness (QED) is 0.835. The van der Waals surface area contributed by atoms with Crippen LogP contribution in [0, 0.1) is 6.92 Å². The maximum Gasteiger partial charge on any atom is 0.349 e. The number of hydrogen-bond donors (Lipinski definition) is 1. The third-order valence-corrected chi connectivity index (χ3v) is 6.48. The summed E-state index contributed by atoms with van der Waals surface area (Å²) >= 11 is 1.10. The molecule has 0 radical (unpaired) electrons. The summed E-state index contributed by atoms with van der Waals surface area (Å²) < 4.78 is 31.6. The van der Waals surface area contributed by atoms with Crippen molar-refractivity contribution in [2.24, 2.45) is 0 Å². The van der Waals surface area contributed by atoms with Crippen LogP contribution < -0.4 is 5.32 Å². The Labute approximate surface area is 122 Å². The van der Waals surface area contributed by atoms with Crippen LogP contribution in [0.5, 0.6) is 0 Å². The minimum atomic E-state index is -3.67. The first-order valence-corrected chi connectivity index (χ1v) is 8.60. The molecule has 1 aliphatic rings. The zero-order chi connectivity index (χ0) is 14.9. The van der Waals surface area contributed by atoms with E-state index < -0.39 is 16.0 Å². The van der Waals surface area contributed by atoms with Crippen molar-refractivity contribution in [2.75, 3.05) is 26.7 Å². The monoisotopic (exact) mass is 318 g/mol. The van der Waals surface area contributed by atoms with Crippen LogP contribution in [0.4, 0.5) is 0 Å². The van der Waals surface area contributed by atoms with Gasteiger partial charge in [-0.2, -0.15) is 4.31 Å². The van der Waals surface area contributed by atoms with Gasteiger partial charge in [0.15, 0.2) is 0 Å². The second kappa shape index (κ2) is 5.80. The van der Waals surface area contributed by atoms with Crippen LogP contribution in [-0.4, -0.2) is 51.5 Å². The molecule has 1 fully saturated rings. The summed E-state index contributed by atoms with van der Waals surface area (Å²) in [5.41, 5.74) is 0.585. The van der Waals surface area contributed by atoms with Gasteiger partial charge in [-0.3, -0.25) is 0 Å². The molecular formula is C12H18N2O4S2. The Morgan fingerprint density at radius 3 is 2.85 bits per heavy atom. The Morgan fingerprint density at radius 2 is 2.25 bits per heavy atom. The maximum atomic E-state index is 12.8. The van der Waals surface area contributed by atoms with Gasteiger partial charge in [0.2, 0.25) is 10.0 Å². The predicted molar refractivity (Wildman–Crippen MR) is 76.6 cm³/mol. The standard InChI is InChI=1S/C12H18N2O4S2/c1-8-7-19-10(12(15)18-3)11(8)20(16,17)14-5-4-13-9(2)6-14/h7,9,13H,4-6H2,1-3H3/t9-/m0/s1. The van der Waals surface area contributed by atoms with E-state index in [-0.39, 0.29) is 15.8 Å². The van der Waals surface area contributed by atoms with Crippen molar-refractivity contribution in [3.05, 3.63) is 15.8 Å². The van der Waals surface area contributed by atoms with Gasteiger partial charge in [-0.1, -0.05) is 0 Å². The van der Waals surface area contributed by atoms with Gasteiger partial charge >= 0.3 is 5.97 Å². The lowest BCUT2D eigenvalue weighted by atomic mass is 10.3. The number of piperazine rings is 1. The Kier molecular flexibility index (Phi) is 4.48. The highest BCUT2D eigenvalue weighted by Gasteiger charge is 2.34. The first kappa shape index (κ1) is 15.4. The van der Waals surface area contributed by atoms with Crippen molar-refractivity contribution in [1.29, 1.82) is 0 Å². The molecule has 0 amide bonds. The van der Waals surface area contributed by atoms with Gasteiger partial charge in [-0.05, 0) is 24.8 Å². The number of methoxy groups -OCH3 is 1. The topological polar surface area (TPSA) is 75.7 Å². The Morgan fingerprint density at radius 1 is 1.55 bits per heavy atom. The smallest absolute Gasteiger partial charge is 0.349 e. The molecule has 2 rings (SSSR count). The van der Waals surface area contributed by atoms with Crippen molar-refractivity contribution in [3.8, 4) is 0 Å². The third-order valence-electron chi connectivity index (χ3n) is 3.22. The third kappa shape index (κ3) is 2.73. The van der Waals surface area contributed by atoms with Crippen molar-refractivity contribution in [1.82, 2.24) is 9.62 Å². The summed E-state index contributed by atoms with van der Waals surface area (Å²) in [6.07, 6.45) is 0. The predicted octanol–water partition coefficient (Wildman–Crippen LogP) is 0.826. The van der Waals surface area contributed by atoms with Crippen LogP contribution >= 0.6 is 11.3 Å². The van der Waals surface area contributed by atoms with E-state index in [0.717, 1.165) is 11.3 Å². The second-order valence-electron chi connectivity index (χ2n) is 4.79. The number of aryl methyl sites for hydroxylation is 1. The first-order chi connectivity index (χ1) is 9.37. The fourth-order valence-corrected chi connectivity index (χ4v) is 5.42. The average molecular weight is 318 g/mol. The highest BCUT2D eigenvalue weighted by atomic mass is 32.2. The summed E-state index contributed by atoms with van der Waals surface area (Å²) in [4.78, 5) is 12.0. The molecule has 1 saturated heterocycles. The molecule has 1 aliphatic heterocycles. The van der Waals surface area contributed by atoms with E-state index in [1.165, 1.54) is 11.4 Å². The number of sulfonamides is 1. The molecule has 0 saturated carbocycles. The van der Waals surface area contributed by atoms with Gasteiger partial charge in [0.25, 0.3) is 0 Å². The van der Waals surface area contributed by atoms with E-state index in [2.05, 4.69) is 10.1 Å². The number of rotatable bonds is 3. The minimum Gasteiger partial charge on any atom is -0.465 e. The first-order valence-electron chi connectivity index (χ1n) is 6.28. The number of thiophene rings is 1. The van der Waals surface area contributed by atoms with E-state index in [4.69, 9.17) is 0 Å². The minimum absolute atomic E-state index is 0.0865. The molecule has 0 aromatic carbocycles. The number of esters is 1. The van der Waals surface area contributed by atoms with Crippen LogP contribution in [0.15, 0.2) is 10.3 Å². The molecule has 0 unspecified atom stereocenters. The van der Waals surface area contributed by atoms with Crippen molar-refractivity contribution in [3.63, 3.8) is 0 Å². The second-order valence-corrected chi connectivity index (χ2v) is 7.54. The van der Waals surface area contributed by atoms with Crippen LogP contribution in [-0.2, 0) is 14.8 Å². The molecule has 112 valence electrons. The number of carbonyl (C=O) groups is 1. The van der Waals surface area contributed by atoms with Crippen molar-refractivity contribution < 1.29 is 17.9 Å². The van der Waals surface area contributed by atoms with E-state index in [1.54, 1.807) is 12.3 Å². The summed E-state index contributed by atoms with van der Waals surface area (Å²) in [7, 11) is -2.41. The summed E-state index contributed by atoms with van der Waals surface area (Å²) in [6, 6.07) is 0.0963. The van der Waals surface area contributed by atoms with Gasteiger partial charge in [-0.15, -0.1) is 11.3 Å². The number of nitrogens with zero attached hydrogens (tertiary/aromatic N) is 1.